The minimum atomic E-state index is 0.117. The fourth-order valence-electron chi connectivity index (χ4n) is 2.16. The van der Waals surface area contributed by atoms with Gasteiger partial charge in [-0.3, -0.25) is 0 Å². The minimum Gasteiger partial charge on any atom is -0.304 e. The van der Waals surface area contributed by atoms with Gasteiger partial charge in [0.25, 0.3) is 0 Å². The molecule has 98 valence electrons. The molecule has 19 heavy (non-hydrogen) atoms. The predicted molar refractivity (Wildman–Crippen MR) is 80.2 cm³/mol. The van der Waals surface area contributed by atoms with Crippen molar-refractivity contribution in [3.63, 3.8) is 0 Å². The monoisotopic (exact) mass is 311 g/mol. The number of alkyl halides is 1. The van der Waals surface area contributed by atoms with E-state index >= 15 is 0 Å². The summed E-state index contributed by atoms with van der Waals surface area (Å²) in [5.74, 6) is 1.19. The first-order chi connectivity index (χ1) is 9.20. The van der Waals surface area contributed by atoms with Crippen molar-refractivity contribution in [3.05, 3.63) is 45.5 Å². The van der Waals surface area contributed by atoms with Gasteiger partial charge in [0.15, 0.2) is 5.65 Å². The maximum absolute atomic E-state index is 6.01. The van der Waals surface area contributed by atoms with E-state index in [1.165, 1.54) is 4.88 Å². The van der Waals surface area contributed by atoms with E-state index < -0.39 is 0 Å². The van der Waals surface area contributed by atoms with Crippen molar-refractivity contribution in [2.24, 2.45) is 0 Å². The number of imidazole rings is 1. The van der Waals surface area contributed by atoms with Crippen LogP contribution in [0.1, 0.15) is 23.7 Å². The maximum atomic E-state index is 6.01. The summed E-state index contributed by atoms with van der Waals surface area (Å²) < 4.78 is 2.86. The third-order valence-corrected chi connectivity index (χ3v) is 4.67. The second kappa shape index (κ2) is 5.12. The van der Waals surface area contributed by atoms with Crippen molar-refractivity contribution in [1.82, 2.24) is 14.5 Å². The third kappa shape index (κ3) is 2.24. The van der Waals surface area contributed by atoms with E-state index in [0.717, 1.165) is 21.3 Å². The Labute approximate surface area is 124 Å². The quantitative estimate of drug-likeness (QED) is 0.667. The third-order valence-electron chi connectivity index (χ3n) is 3.03. The fourth-order valence-corrected chi connectivity index (χ4v) is 3.45. The number of fused-ring (bicyclic) bond motifs is 1. The predicted octanol–water partition coefficient (Wildman–Crippen LogP) is 4.49. The van der Waals surface area contributed by atoms with Crippen molar-refractivity contribution in [3.8, 4) is 0 Å². The topological polar surface area (TPSA) is 30.7 Å². The van der Waals surface area contributed by atoms with Crippen LogP contribution >= 0.6 is 34.5 Å². The van der Waals surface area contributed by atoms with Gasteiger partial charge in [0.2, 0.25) is 0 Å². The van der Waals surface area contributed by atoms with E-state index in [1.807, 2.05) is 24.3 Å². The van der Waals surface area contributed by atoms with Crippen LogP contribution in [0.4, 0.5) is 0 Å². The van der Waals surface area contributed by atoms with Crippen LogP contribution < -0.4 is 0 Å². The highest BCUT2D eigenvalue weighted by atomic mass is 35.5. The Kier molecular flexibility index (Phi) is 3.48. The van der Waals surface area contributed by atoms with Crippen molar-refractivity contribution >= 4 is 45.7 Å². The van der Waals surface area contributed by atoms with Gasteiger partial charge in [-0.15, -0.1) is 22.9 Å². The molecule has 0 saturated carbocycles. The molecule has 0 fully saturated rings. The van der Waals surface area contributed by atoms with Crippen molar-refractivity contribution in [2.45, 2.75) is 18.8 Å². The smallest absolute Gasteiger partial charge is 0.160 e. The largest absolute Gasteiger partial charge is 0.304 e. The molecule has 1 atom stereocenters. The molecule has 3 heterocycles. The first kappa shape index (κ1) is 12.9. The molecule has 1 unspecified atom stereocenters. The zero-order chi connectivity index (χ0) is 13.4. The van der Waals surface area contributed by atoms with Crippen LogP contribution in [0.5, 0.6) is 0 Å². The van der Waals surface area contributed by atoms with Crippen LogP contribution in [0.25, 0.3) is 11.2 Å². The molecule has 3 aromatic rings. The van der Waals surface area contributed by atoms with Crippen LogP contribution in [0.2, 0.25) is 4.34 Å². The highest BCUT2D eigenvalue weighted by Crippen LogP contribution is 2.32. The zero-order valence-corrected chi connectivity index (χ0v) is 12.5. The van der Waals surface area contributed by atoms with Gasteiger partial charge >= 0.3 is 0 Å². The zero-order valence-electron chi connectivity index (χ0n) is 10.2. The molecule has 0 amide bonds. The molecule has 0 N–H and O–H groups in total. The summed E-state index contributed by atoms with van der Waals surface area (Å²) in [4.78, 5) is 10.1. The highest BCUT2D eigenvalue weighted by Gasteiger charge is 2.18. The van der Waals surface area contributed by atoms with Gasteiger partial charge in [-0.05, 0) is 31.2 Å². The summed E-state index contributed by atoms with van der Waals surface area (Å²) >= 11 is 13.6. The molecule has 3 aromatic heterocycles. The summed E-state index contributed by atoms with van der Waals surface area (Å²) in [6, 6.07) is 7.88. The molecule has 0 radical (unpaired) electrons. The molecule has 3 rings (SSSR count). The molecular formula is C13H11Cl2N3S. The van der Waals surface area contributed by atoms with E-state index in [9.17, 15) is 0 Å². The molecule has 6 heteroatoms. The molecule has 0 saturated heterocycles. The lowest BCUT2D eigenvalue weighted by Gasteiger charge is -2.14. The van der Waals surface area contributed by atoms with Crippen LogP contribution in [0, 0.1) is 0 Å². The second-order valence-electron chi connectivity index (χ2n) is 4.20. The summed E-state index contributed by atoms with van der Waals surface area (Å²) in [7, 11) is 0. The number of nitrogens with zero attached hydrogens (tertiary/aromatic N) is 3. The summed E-state index contributed by atoms with van der Waals surface area (Å²) in [5.41, 5.74) is 1.72. The van der Waals surface area contributed by atoms with Crippen LogP contribution in [0.3, 0.4) is 0 Å². The highest BCUT2D eigenvalue weighted by molar-refractivity contribution is 7.16. The number of hydrogen-bond donors (Lipinski definition) is 0. The van der Waals surface area contributed by atoms with Crippen molar-refractivity contribution in [2.75, 3.05) is 0 Å². The Morgan fingerprint density at radius 1 is 1.37 bits per heavy atom. The lowest BCUT2D eigenvalue weighted by atomic mass is 10.2. The SMILES string of the molecule is CC(c1ccc(Cl)s1)n1c(CCl)nc2cccnc21. The fraction of sp³-hybridized carbons (Fsp3) is 0.231. The molecule has 0 bridgehead atoms. The average molecular weight is 312 g/mol. The van der Waals surface area contributed by atoms with Crippen LogP contribution in [0.15, 0.2) is 30.5 Å². The average Bonchev–Trinajstić information content (AvgIpc) is 3.01. The van der Waals surface area contributed by atoms with Gasteiger partial charge in [0.1, 0.15) is 11.3 Å². The van der Waals surface area contributed by atoms with E-state index in [0.29, 0.717) is 5.88 Å². The first-order valence-electron chi connectivity index (χ1n) is 5.83. The van der Waals surface area contributed by atoms with E-state index in [4.69, 9.17) is 23.2 Å². The van der Waals surface area contributed by atoms with E-state index in [1.54, 1.807) is 17.5 Å². The van der Waals surface area contributed by atoms with Crippen LogP contribution in [-0.4, -0.2) is 14.5 Å². The van der Waals surface area contributed by atoms with E-state index in [2.05, 4.69) is 21.5 Å². The first-order valence-corrected chi connectivity index (χ1v) is 7.56. The number of halogens is 2. The van der Waals surface area contributed by atoms with Gasteiger partial charge < -0.3 is 4.57 Å². The number of aromatic nitrogens is 3. The number of rotatable bonds is 3. The molecule has 0 spiro atoms. The summed E-state index contributed by atoms with van der Waals surface area (Å²) in [6.45, 7) is 2.11. The minimum absolute atomic E-state index is 0.117. The Bertz CT molecular complexity index is 720. The second-order valence-corrected chi connectivity index (χ2v) is 6.21. The molecule has 0 aromatic carbocycles. The Hall–Kier alpha value is -1.10. The van der Waals surface area contributed by atoms with Crippen LogP contribution in [-0.2, 0) is 5.88 Å². The Morgan fingerprint density at radius 3 is 2.89 bits per heavy atom. The maximum Gasteiger partial charge on any atom is 0.160 e. The molecule has 3 nitrogen and oxygen atoms in total. The Balaban J connectivity index is 2.17. The lowest BCUT2D eigenvalue weighted by Crippen LogP contribution is -2.09. The molecule has 0 aliphatic heterocycles. The molecule has 0 aliphatic carbocycles. The number of pyridine rings is 1. The van der Waals surface area contributed by atoms with Gasteiger partial charge in [0, 0.05) is 11.1 Å². The number of thiophene rings is 1. The van der Waals surface area contributed by atoms with Gasteiger partial charge in [0.05, 0.1) is 16.3 Å². The lowest BCUT2D eigenvalue weighted by molar-refractivity contribution is 0.639. The Morgan fingerprint density at radius 2 is 2.21 bits per heavy atom. The summed E-state index contributed by atoms with van der Waals surface area (Å²) in [6.07, 6.45) is 1.77. The van der Waals surface area contributed by atoms with E-state index in [-0.39, 0.29) is 6.04 Å². The normalized spacial score (nSPS) is 13.0. The van der Waals surface area contributed by atoms with Gasteiger partial charge in [-0.25, -0.2) is 9.97 Å². The summed E-state index contributed by atoms with van der Waals surface area (Å²) in [5, 5.41) is 0. The standard InChI is InChI=1S/C13H11Cl2N3S/c1-8(10-4-5-11(15)19-10)18-12(7-14)17-9-3-2-6-16-13(9)18/h2-6,8H,7H2,1H3. The molecular weight excluding hydrogens is 301 g/mol. The van der Waals surface area contributed by atoms with Gasteiger partial charge in [-0.2, -0.15) is 0 Å². The van der Waals surface area contributed by atoms with Crippen molar-refractivity contribution < 1.29 is 0 Å². The van der Waals surface area contributed by atoms with Crippen molar-refractivity contribution in [1.29, 1.82) is 0 Å². The van der Waals surface area contributed by atoms with Gasteiger partial charge in [-0.1, -0.05) is 11.6 Å². The molecule has 0 aliphatic rings. The number of hydrogen-bond acceptors (Lipinski definition) is 3.